The third kappa shape index (κ3) is 5.20. The molecule has 4 fully saturated rings. The summed E-state index contributed by atoms with van der Waals surface area (Å²) in [7, 11) is 0. The van der Waals surface area contributed by atoms with Crippen LogP contribution in [0.3, 0.4) is 0 Å². The third-order valence-electron chi connectivity index (χ3n) is 16.0. The summed E-state index contributed by atoms with van der Waals surface area (Å²) >= 11 is 0. The number of benzene rings is 9. The van der Waals surface area contributed by atoms with E-state index in [0.29, 0.717) is 11.8 Å². The highest BCUT2D eigenvalue weighted by Crippen LogP contribution is 2.70. The number of hydrogen-bond donors (Lipinski definition) is 0. The molecule has 304 valence electrons. The predicted octanol–water partition coefficient (Wildman–Crippen LogP) is 16.0. The molecular weight excluding hydrogens is 773 g/mol. The molecular formula is C62H46N2. The van der Waals surface area contributed by atoms with E-state index in [1.54, 1.807) is 11.1 Å². The Balaban J connectivity index is 1.03. The minimum Gasteiger partial charge on any atom is -0.228 e. The van der Waals surface area contributed by atoms with Crippen LogP contribution in [0.2, 0.25) is 0 Å². The van der Waals surface area contributed by atoms with Crippen molar-refractivity contribution in [2.24, 2.45) is 23.7 Å². The third-order valence-corrected chi connectivity index (χ3v) is 16.0. The summed E-state index contributed by atoms with van der Waals surface area (Å²) in [6, 6.07) is 72.0. The fourth-order valence-corrected chi connectivity index (χ4v) is 13.8. The Labute approximate surface area is 374 Å². The first-order chi connectivity index (χ1) is 31.7. The SMILES string of the molecule is c1ccc(-c2cc(-c3ccccc3-c3c4ccccc4c(-c4cccc5c4-c4cc6ccccc6cc4C54C5CC6CC(C5)CC4C6)c4ccccc34)nc(-c3ccccc3)n2)cc1. The molecule has 2 heteroatoms. The lowest BCUT2D eigenvalue weighted by atomic mass is 9.43. The van der Waals surface area contributed by atoms with Crippen molar-refractivity contribution >= 4 is 32.3 Å². The maximum atomic E-state index is 5.35. The van der Waals surface area contributed by atoms with Gasteiger partial charge in [-0.05, 0) is 151 Å². The lowest BCUT2D eigenvalue weighted by molar-refractivity contribution is -0.0398. The molecule has 0 saturated heterocycles. The summed E-state index contributed by atoms with van der Waals surface area (Å²) < 4.78 is 0. The Morgan fingerprint density at radius 1 is 0.344 bits per heavy atom. The average Bonchev–Trinajstić information content (AvgIpc) is 3.64. The average molecular weight is 819 g/mol. The van der Waals surface area contributed by atoms with Crippen molar-refractivity contribution in [1.82, 2.24) is 9.97 Å². The summed E-state index contributed by atoms with van der Waals surface area (Å²) in [4.78, 5) is 10.5. The molecule has 64 heavy (non-hydrogen) atoms. The molecule has 15 rings (SSSR count). The van der Waals surface area contributed by atoms with Crippen LogP contribution >= 0.6 is 0 Å². The highest BCUT2D eigenvalue weighted by molar-refractivity contribution is 6.23. The largest absolute Gasteiger partial charge is 0.228 e. The molecule has 5 aliphatic carbocycles. The Hall–Kier alpha value is -7.16. The van der Waals surface area contributed by atoms with Gasteiger partial charge in [-0.1, -0.05) is 176 Å². The Kier molecular flexibility index (Phi) is 7.90. The fourth-order valence-electron chi connectivity index (χ4n) is 13.8. The Bertz CT molecular complexity index is 3370. The van der Waals surface area contributed by atoms with Gasteiger partial charge in [-0.3, -0.25) is 0 Å². The van der Waals surface area contributed by atoms with Crippen LogP contribution in [0.25, 0.3) is 99.6 Å². The molecule has 0 N–H and O–H groups in total. The van der Waals surface area contributed by atoms with Crippen molar-refractivity contribution in [3.8, 4) is 67.3 Å². The lowest BCUT2D eigenvalue weighted by Gasteiger charge is -2.61. The molecule has 0 atom stereocenters. The molecule has 9 aromatic carbocycles. The zero-order chi connectivity index (χ0) is 41.9. The van der Waals surface area contributed by atoms with Gasteiger partial charge < -0.3 is 0 Å². The van der Waals surface area contributed by atoms with E-state index in [-0.39, 0.29) is 5.41 Å². The van der Waals surface area contributed by atoms with Crippen LogP contribution in [0.15, 0.2) is 194 Å². The molecule has 1 spiro atoms. The van der Waals surface area contributed by atoms with Crippen molar-refractivity contribution < 1.29 is 0 Å². The lowest BCUT2D eigenvalue weighted by Crippen LogP contribution is -2.55. The van der Waals surface area contributed by atoms with Crippen LogP contribution in [-0.2, 0) is 5.41 Å². The second kappa shape index (κ2) is 13.9. The van der Waals surface area contributed by atoms with Gasteiger partial charge in [-0.15, -0.1) is 0 Å². The normalized spacial score (nSPS) is 21.5. The predicted molar refractivity (Wildman–Crippen MR) is 265 cm³/mol. The van der Waals surface area contributed by atoms with Crippen molar-refractivity contribution in [2.75, 3.05) is 0 Å². The van der Waals surface area contributed by atoms with Gasteiger partial charge in [0.2, 0.25) is 0 Å². The van der Waals surface area contributed by atoms with Gasteiger partial charge in [-0.2, -0.15) is 0 Å². The highest BCUT2D eigenvalue weighted by Gasteiger charge is 2.62. The van der Waals surface area contributed by atoms with E-state index in [1.165, 1.54) is 97.8 Å². The summed E-state index contributed by atoms with van der Waals surface area (Å²) in [5.74, 6) is 3.90. The summed E-state index contributed by atoms with van der Waals surface area (Å²) in [5, 5.41) is 7.78. The van der Waals surface area contributed by atoms with Crippen LogP contribution in [0, 0.1) is 23.7 Å². The minimum absolute atomic E-state index is 0.0668. The van der Waals surface area contributed by atoms with Gasteiger partial charge in [0.25, 0.3) is 0 Å². The molecule has 0 aliphatic heterocycles. The molecule has 5 aliphatic rings. The molecule has 2 nitrogen and oxygen atoms in total. The Morgan fingerprint density at radius 2 is 0.844 bits per heavy atom. The molecule has 1 heterocycles. The Morgan fingerprint density at radius 3 is 1.48 bits per heavy atom. The first-order valence-electron chi connectivity index (χ1n) is 23.4. The van der Waals surface area contributed by atoms with Gasteiger partial charge in [-0.25, -0.2) is 9.97 Å². The van der Waals surface area contributed by atoms with E-state index in [1.807, 2.05) is 6.07 Å². The highest BCUT2D eigenvalue weighted by atomic mass is 14.9. The van der Waals surface area contributed by atoms with Gasteiger partial charge in [0.15, 0.2) is 5.82 Å². The number of hydrogen-bond acceptors (Lipinski definition) is 2. The summed E-state index contributed by atoms with van der Waals surface area (Å²) in [6.07, 6.45) is 6.93. The molecule has 1 aromatic heterocycles. The monoisotopic (exact) mass is 818 g/mol. The zero-order valence-electron chi connectivity index (χ0n) is 35.7. The van der Waals surface area contributed by atoms with E-state index >= 15 is 0 Å². The van der Waals surface area contributed by atoms with Crippen molar-refractivity contribution in [1.29, 1.82) is 0 Å². The minimum atomic E-state index is 0.0668. The number of rotatable bonds is 5. The molecule has 0 radical (unpaired) electrons. The quantitative estimate of drug-likeness (QED) is 0.162. The van der Waals surface area contributed by atoms with Gasteiger partial charge in [0, 0.05) is 22.1 Å². The van der Waals surface area contributed by atoms with Crippen LogP contribution in [0.5, 0.6) is 0 Å². The van der Waals surface area contributed by atoms with Crippen molar-refractivity contribution in [2.45, 2.75) is 37.5 Å². The van der Waals surface area contributed by atoms with Crippen LogP contribution in [-0.4, -0.2) is 9.97 Å². The van der Waals surface area contributed by atoms with Gasteiger partial charge in [0.1, 0.15) is 0 Å². The maximum absolute atomic E-state index is 5.35. The first-order valence-corrected chi connectivity index (χ1v) is 23.4. The maximum Gasteiger partial charge on any atom is 0.160 e. The summed E-state index contributed by atoms with van der Waals surface area (Å²) in [6.45, 7) is 0. The second-order valence-electron chi connectivity index (χ2n) is 19.2. The van der Waals surface area contributed by atoms with Crippen molar-refractivity contribution in [3.05, 3.63) is 205 Å². The first kappa shape index (κ1) is 36.3. The molecule has 0 amide bonds. The smallest absolute Gasteiger partial charge is 0.160 e. The second-order valence-corrected chi connectivity index (χ2v) is 19.2. The van der Waals surface area contributed by atoms with E-state index in [4.69, 9.17) is 9.97 Å². The van der Waals surface area contributed by atoms with Crippen LogP contribution < -0.4 is 0 Å². The standard InChI is InChI=1S/C62H46N2/c1-3-16-40(17-4-1)56-37-57(64-61(63-56)41-18-5-2-6-19-41)46-22-9-10-23-47(46)58-48-24-11-13-26-50(48)59(51-27-14-12-25-49(51)58)52-28-15-29-54-60(52)53-35-42-20-7-8-21-43(42)36-55(53)62(54)44-31-38-30-39(33-44)34-45(62)32-38/h1-29,35-39,44-45H,30-34H2. The molecule has 4 saturated carbocycles. The molecule has 4 bridgehead atoms. The number of aromatic nitrogens is 2. The number of fused-ring (bicyclic) bond motifs is 6. The fraction of sp³-hybridized carbons (Fsp3) is 0.161. The zero-order valence-corrected chi connectivity index (χ0v) is 35.7. The van der Waals surface area contributed by atoms with E-state index < -0.39 is 0 Å². The van der Waals surface area contributed by atoms with Gasteiger partial charge >= 0.3 is 0 Å². The van der Waals surface area contributed by atoms with E-state index in [0.717, 1.165) is 45.7 Å². The van der Waals surface area contributed by atoms with E-state index in [2.05, 4.69) is 188 Å². The van der Waals surface area contributed by atoms with Crippen molar-refractivity contribution in [3.63, 3.8) is 0 Å². The van der Waals surface area contributed by atoms with Crippen LogP contribution in [0.1, 0.15) is 43.2 Å². The molecule has 10 aromatic rings. The van der Waals surface area contributed by atoms with E-state index in [9.17, 15) is 0 Å². The topological polar surface area (TPSA) is 25.8 Å². The number of nitrogens with zero attached hydrogens (tertiary/aromatic N) is 2. The van der Waals surface area contributed by atoms with Gasteiger partial charge in [0.05, 0.1) is 11.4 Å². The van der Waals surface area contributed by atoms with Crippen LogP contribution in [0.4, 0.5) is 0 Å². The summed E-state index contributed by atoms with van der Waals surface area (Å²) in [5.41, 5.74) is 16.3. The molecule has 0 unspecified atom stereocenters.